The first-order valence-corrected chi connectivity index (χ1v) is 8.69. The Morgan fingerprint density at radius 3 is 2.31 bits per heavy atom. The van der Waals surface area contributed by atoms with Crippen LogP contribution in [0.5, 0.6) is 11.5 Å². The average molecular weight is 366 g/mol. The smallest absolute Gasteiger partial charge is 0.323 e. The fourth-order valence-electron chi connectivity index (χ4n) is 3.13. The van der Waals surface area contributed by atoms with Crippen LogP contribution in [0, 0.1) is 0 Å². The summed E-state index contributed by atoms with van der Waals surface area (Å²) >= 11 is 0. The van der Waals surface area contributed by atoms with E-state index in [1.54, 1.807) is 4.90 Å². The Kier molecular flexibility index (Phi) is 6.44. The number of aliphatic carboxylic acids is 1. The number of amides is 1. The number of phenols is 2. The van der Waals surface area contributed by atoms with E-state index in [0.29, 0.717) is 31.5 Å². The summed E-state index contributed by atoms with van der Waals surface area (Å²) in [5, 5.41) is 40.9. The van der Waals surface area contributed by atoms with Crippen LogP contribution in [-0.2, 0) is 4.79 Å². The first-order chi connectivity index (χ1) is 12.2. The van der Waals surface area contributed by atoms with Gasteiger partial charge in [-0.3, -0.25) is 14.9 Å². The lowest BCUT2D eigenvalue weighted by atomic mass is 9.97. The molecule has 1 aliphatic rings. The molecule has 0 saturated carbocycles. The van der Waals surface area contributed by atoms with Gasteiger partial charge < -0.3 is 25.3 Å². The molecule has 1 heterocycles. The molecule has 1 unspecified atom stereocenters. The molecule has 1 amide bonds. The number of hydrogen-bond acceptors (Lipinski definition) is 6. The van der Waals surface area contributed by atoms with Gasteiger partial charge in [-0.05, 0) is 30.4 Å². The Labute approximate surface area is 152 Å². The second-order valence-corrected chi connectivity index (χ2v) is 6.89. The number of carboxylic acid groups (broad SMARTS) is 1. The molecular weight excluding hydrogens is 340 g/mol. The van der Waals surface area contributed by atoms with Gasteiger partial charge in [0.25, 0.3) is 5.91 Å². The minimum Gasteiger partial charge on any atom is -0.508 e. The van der Waals surface area contributed by atoms with Crippen LogP contribution in [0.4, 0.5) is 0 Å². The fourth-order valence-corrected chi connectivity index (χ4v) is 3.13. The van der Waals surface area contributed by atoms with Crippen molar-refractivity contribution >= 4 is 11.9 Å². The minimum atomic E-state index is -1.11. The average Bonchev–Trinajstić information content (AvgIpc) is 2.59. The van der Waals surface area contributed by atoms with E-state index in [-0.39, 0.29) is 34.9 Å². The highest BCUT2D eigenvalue weighted by atomic mass is 16.4. The number of piperidine rings is 1. The Morgan fingerprint density at radius 2 is 1.81 bits per heavy atom. The lowest BCUT2D eigenvalue weighted by molar-refractivity contribution is -0.140. The maximum absolute atomic E-state index is 12.7. The van der Waals surface area contributed by atoms with Gasteiger partial charge in [-0.25, -0.2) is 0 Å². The molecule has 0 radical (unpaired) electrons. The minimum absolute atomic E-state index is 0.00326. The third kappa shape index (κ3) is 4.44. The van der Waals surface area contributed by atoms with E-state index in [1.165, 1.54) is 12.1 Å². The van der Waals surface area contributed by atoms with Crippen LogP contribution in [0.25, 0.3) is 0 Å². The number of carboxylic acids is 1. The van der Waals surface area contributed by atoms with Crippen molar-refractivity contribution in [3.63, 3.8) is 0 Å². The van der Waals surface area contributed by atoms with Crippen LogP contribution in [0.1, 0.15) is 48.5 Å². The van der Waals surface area contributed by atoms with Gasteiger partial charge in [0.15, 0.2) is 0 Å². The molecule has 1 aromatic carbocycles. The summed E-state index contributed by atoms with van der Waals surface area (Å²) in [5.74, 6) is -1.73. The molecule has 1 atom stereocenters. The molecule has 1 aliphatic heterocycles. The van der Waals surface area contributed by atoms with Gasteiger partial charge in [-0.15, -0.1) is 0 Å². The summed E-state index contributed by atoms with van der Waals surface area (Å²) in [5.41, 5.74) is 0.742. The van der Waals surface area contributed by atoms with Crippen LogP contribution in [-0.4, -0.2) is 69.0 Å². The molecule has 8 heteroatoms. The summed E-state index contributed by atoms with van der Waals surface area (Å²) in [6, 6.07) is 1.59. The number of aromatic hydroxyl groups is 2. The molecule has 1 aromatic rings. The molecule has 2 rings (SSSR count). The van der Waals surface area contributed by atoms with Crippen LogP contribution in [0.3, 0.4) is 0 Å². The summed E-state index contributed by atoms with van der Waals surface area (Å²) < 4.78 is 0. The second kappa shape index (κ2) is 8.37. The zero-order chi connectivity index (χ0) is 19.4. The van der Waals surface area contributed by atoms with Gasteiger partial charge >= 0.3 is 5.97 Å². The van der Waals surface area contributed by atoms with E-state index in [1.807, 2.05) is 13.8 Å². The van der Waals surface area contributed by atoms with Crippen LogP contribution in [0.2, 0.25) is 0 Å². The molecule has 0 aliphatic carbocycles. The Morgan fingerprint density at radius 1 is 1.19 bits per heavy atom. The Hall–Kier alpha value is -2.32. The van der Waals surface area contributed by atoms with Crippen molar-refractivity contribution in [2.24, 2.45) is 0 Å². The summed E-state index contributed by atoms with van der Waals surface area (Å²) in [7, 11) is 0. The summed E-state index contributed by atoms with van der Waals surface area (Å²) in [4.78, 5) is 25.3. The predicted octanol–water partition coefficient (Wildman–Crippen LogP) is 0.861. The van der Waals surface area contributed by atoms with E-state index in [4.69, 9.17) is 10.2 Å². The highest BCUT2D eigenvalue weighted by molar-refractivity contribution is 5.97. The fraction of sp³-hybridized carbons (Fsp3) is 0.556. The van der Waals surface area contributed by atoms with Gasteiger partial charge in [0, 0.05) is 25.2 Å². The number of phenolic OH excluding ortho intramolecular Hbond substituents is 2. The molecule has 5 N–H and O–H groups in total. The number of aliphatic hydroxyl groups excluding tert-OH is 1. The number of rotatable bonds is 6. The normalized spacial score (nSPS) is 16.7. The third-order valence-corrected chi connectivity index (χ3v) is 4.70. The van der Waals surface area contributed by atoms with Crippen LogP contribution >= 0.6 is 0 Å². The van der Waals surface area contributed by atoms with Crippen molar-refractivity contribution in [1.82, 2.24) is 10.2 Å². The van der Waals surface area contributed by atoms with E-state index >= 15 is 0 Å². The van der Waals surface area contributed by atoms with Crippen molar-refractivity contribution in [3.8, 4) is 11.5 Å². The number of carbonyl (C=O) groups is 2. The summed E-state index contributed by atoms with van der Waals surface area (Å²) in [6.07, 6.45) is 1.09. The number of hydrogen-bond donors (Lipinski definition) is 5. The van der Waals surface area contributed by atoms with Gasteiger partial charge in [-0.2, -0.15) is 0 Å². The lowest BCUT2D eigenvalue weighted by Gasteiger charge is -2.33. The maximum Gasteiger partial charge on any atom is 0.323 e. The van der Waals surface area contributed by atoms with Crippen molar-refractivity contribution in [2.75, 3.05) is 19.7 Å². The number of nitrogens with one attached hydrogen (secondary N) is 1. The van der Waals surface area contributed by atoms with Crippen molar-refractivity contribution < 1.29 is 30.0 Å². The quantitative estimate of drug-likeness (QED) is 0.505. The molecule has 1 saturated heterocycles. The number of benzene rings is 1. The van der Waals surface area contributed by atoms with Crippen LogP contribution < -0.4 is 5.32 Å². The Balaban J connectivity index is 2.05. The number of carbonyl (C=O) groups excluding carboxylic acids is 1. The first kappa shape index (κ1) is 20.0. The number of likely N-dealkylation sites (tertiary alicyclic amines) is 1. The number of nitrogens with zero attached hydrogens (tertiary/aromatic N) is 1. The second-order valence-electron chi connectivity index (χ2n) is 6.89. The molecule has 1 fully saturated rings. The SMILES string of the molecule is CC(C)c1cc(C(=O)N2CCC(NC(CO)C(=O)O)CC2)c(O)cc1O. The highest BCUT2D eigenvalue weighted by Gasteiger charge is 2.28. The zero-order valence-corrected chi connectivity index (χ0v) is 15.0. The van der Waals surface area contributed by atoms with Crippen molar-refractivity contribution in [2.45, 2.75) is 44.7 Å². The standard InChI is InChI=1S/C18H26N2O6/c1-10(2)12-7-13(16(23)8-15(12)22)17(24)20-5-3-11(4-6-20)19-14(9-21)18(25)26/h7-8,10-11,14,19,21-23H,3-6,9H2,1-2H3,(H,25,26). The summed E-state index contributed by atoms with van der Waals surface area (Å²) in [6.45, 7) is 4.10. The predicted molar refractivity (Wildman–Crippen MR) is 94.4 cm³/mol. The van der Waals surface area contributed by atoms with E-state index in [2.05, 4.69) is 5.32 Å². The number of aliphatic hydroxyl groups is 1. The molecular formula is C18H26N2O6. The lowest BCUT2D eigenvalue weighted by Crippen LogP contribution is -2.51. The molecule has 0 bridgehead atoms. The Bertz CT molecular complexity index is 668. The monoisotopic (exact) mass is 366 g/mol. The molecule has 0 spiro atoms. The van der Waals surface area contributed by atoms with E-state index in [9.17, 15) is 19.8 Å². The maximum atomic E-state index is 12.7. The van der Waals surface area contributed by atoms with Gasteiger partial charge in [-0.1, -0.05) is 13.8 Å². The van der Waals surface area contributed by atoms with Gasteiger partial charge in [0.1, 0.15) is 17.5 Å². The van der Waals surface area contributed by atoms with Gasteiger partial charge in [0.2, 0.25) is 0 Å². The zero-order valence-electron chi connectivity index (χ0n) is 15.0. The van der Waals surface area contributed by atoms with Crippen molar-refractivity contribution in [1.29, 1.82) is 0 Å². The van der Waals surface area contributed by atoms with Crippen molar-refractivity contribution in [3.05, 3.63) is 23.3 Å². The van der Waals surface area contributed by atoms with E-state index < -0.39 is 18.6 Å². The molecule has 144 valence electrons. The molecule has 8 nitrogen and oxygen atoms in total. The molecule has 26 heavy (non-hydrogen) atoms. The van der Waals surface area contributed by atoms with Crippen LogP contribution in [0.15, 0.2) is 12.1 Å². The molecule has 0 aromatic heterocycles. The third-order valence-electron chi connectivity index (χ3n) is 4.70. The van der Waals surface area contributed by atoms with Gasteiger partial charge in [0.05, 0.1) is 12.2 Å². The topological polar surface area (TPSA) is 130 Å². The largest absolute Gasteiger partial charge is 0.508 e. The van der Waals surface area contributed by atoms with E-state index in [0.717, 1.165) is 0 Å². The first-order valence-electron chi connectivity index (χ1n) is 8.69. The highest BCUT2D eigenvalue weighted by Crippen LogP contribution is 2.33.